The molecule has 8 nitrogen and oxygen atoms in total. The van der Waals surface area contributed by atoms with E-state index in [2.05, 4.69) is 64.1 Å². The number of amides is 1. The average Bonchev–Trinajstić information content (AvgIpc) is 3.65. The van der Waals surface area contributed by atoms with E-state index in [9.17, 15) is 18.0 Å². The lowest BCUT2D eigenvalue weighted by atomic mass is 9.72. The van der Waals surface area contributed by atoms with Crippen molar-refractivity contribution in [3.05, 3.63) is 208 Å². The van der Waals surface area contributed by atoms with E-state index in [1.807, 2.05) is 72.8 Å². The molecule has 1 fully saturated rings. The van der Waals surface area contributed by atoms with Crippen LogP contribution in [0.1, 0.15) is 73.5 Å². The van der Waals surface area contributed by atoms with Gasteiger partial charge in [-0.3, -0.25) is 15.1 Å². The number of hydrogen-bond donors (Lipinski definition) is 3. The van der Waals surface area contributed by atoms with Crippen LogP contribution in [-0.2, 0) is 57.2 Å². The van der Waals surface area contributed by atoms with E-state index < -0.39 is 11.7 Å². The average molecular weight is 848 g/mol. The predicted molar refractivity (Wildman–Crippen MR) is 243 cm³/mol. The largest absolute Gasteiger partial charge is 0.416 e. The van der Waals surface area contributed by atoms with Gasteiger partial charge in [-0.2, -0.15) is 13.2 Å². The molecule has 1 saturated heterocycles. The fraction of sp³-hybridized carbons (Fsp3) is 0.250. The summed E-state index contributed by atoms with van der Waals surface area (Å²) in [5, 5.41) is 7.83. The number of nitrogens with one attached hydrogen (secondary N) is 1. The molecule has 6 aromatic carbocycles. The molecule has 1 amide bonds. The van der Waals surface area contributed by atoms with Crippen LogP contribution in [0.4, 0.5) is 13.2 Å². The fourth-order valence-electron chi connectivity index (χ4n) is 8.85. The van der Waals surface area contributed by atoms with Crippen LogP contribution in [0.5, 0.6) is 0 Å². The SMILES string of the molecule is N=C(N)c1ccc(CCc2nc3cc(C(=O)N(Cc4ccc(CN)cc4)Cc4cccc(C(F)(F)F)c4)ccc3n2CC2(c3ccccc3)CCN(Cc3ccccc3)CC2)cc1. The second kappa shape index (κ2) is 18.8. The third-order valence-corrected chi connectivity index (χ3v) is 12.4. The highest BCUT2D eigenvalue weighted by atomic mass is 19.4. The zero-order valence-electron chi connectivity index (χ0n) is 35.2. The maximum absolute atomic E-state index is 14.6. The minimum Gasteiger partial charge on any atom is -0.384 e. The number of imidazole rings is 1. The molecule has 7 aromatic rings. The highest BCUT2D eigenvalue weighted by molar-refractivity contribution is 5.97. The third-order valence-electron chi connectivity index (χ3n) is 12.4. The summed E-state index contributed by atoms with van der Waals surface area (Å²) in [6.07, 6.45) is -1.29. The van der Waals surface area contributed by atoms with Gasteiger partial charge in [-0.1, -0.05) is 121 Å². The number of hydrogen-bond acceptors (Lipinski definition) is 5. The summed E-state index contributed by atoms with van der Waals surface area (Å²) in [4.78, 5) is 24.0. The molecule has 5 N–H and O–H groups in total. The van der Waals surface area contributed by atoms with Gasteiger partial charge in [-0.15, -0.1) is 0 Å². The molecule has 1 aliphatic rings. The Balaban J connectivity index is 1.14. The quantitative estimate of drug-likeness (QED) is 0.0702. The molecule has 63 heavy (non-hydrogen) atoms. The molecule has 0 spiro atoms. The number of benzene rings is 6. The summed E-state index contributed by atoms with van der Waals surface area (Å²) < 4.78 is 43.7. The summed E-state index contributed by atoms with van der Waals surface area (Å²) in [6.45, 7) is 3.98. The first-order valence-electron chi connectivity index (χ1n) is 21.4. The van der Waals surface area contributed by atoms with Gasteiger partial charge in [0.15, 0.2) is 0 Å². The number of piperidine rings is 1. The molecule has 0 unspecified atom stereocenters. The van der Waals surface area contributed by atoms with E-state index in [1.165, 1.54) is 17.2 Å². The maximum atomic E-state index is 14.6. The molecular weight excluding hydrogens is 796 g/mol. The lowest BCUT2D eigenvalue weighted by Crippen LogP contribution is -2.44. The number of carbonyl (C=O) groups is 1. The van der Waals surface area contributed by atoms with E-state index >= 15 is 0 Å². The molecule has 0 bridgehead atoms. The lowest BCUT2D eigenvalue weighted by molar-refractivity contribution is -0.137. The number of nitrogen functional groups attached to an aromatic ring is 1. The predicted octanol–water partition coefficient (Wildman–Crippen LogP) is 9.66. The van der Waals surface area contributed by atoms with Crippen molar-refractivity contribution in [2.24, 2.45) is 11.5 Å². The summed E-state index contributed by atoms with van der Waals surface area (Å²) in [7, 11) is 0. The van der Waals surface area contributed by atoms with Gasteiger partial charge < -0.3 is 20.9 Å². The van der Waals surface area contributed by atoms with Crippen LogP contribution >= 0.6 is 0 Å². The Kier molecular flexibility index (Phi) is 12.9. The normalized spacial score (nSPS) is 14.2. The van der Waals surface area contributed by atoms with Crippen molar-refractivity contribution in [1.82, 2.24) is 19.4 Å². The summed E-state index contributed by atoms with van der Waals surface area (Å²) in [6, 6.07) is 47.4. The fourth-order valence-corrected chi connectivity index (χ4v) is 8.85. The molecule has 8 rings (SSSR count). The van der Waals surface area contributed by atoms with Crippen molar-refractivity contribution in [1.29, 1.82) is 5.41 Å². The van der Waals surface area contributed by atoms with Crippen LogP contribution in [-0.4, -0.2) is 44.2 Å². The smallest absolute Gasteiger partial charge is 0.384 e. The standard InChI is InChI=1S/C52H52F3N7O/c53-52(54,55)45-13-7-10-41(30-45)35-61(34-40-16-14-38(32-56)15-17-40)50(63)43-23-24-47-46(31-43)59-48(25-20-37-18-21-42(22-19-37)49(57)58)62(47)36-51(44-11-5-2-6-12-44)26-28-60(29-27-51)33-39-8-3-1-4-9-39/h1-19,21-24,30-31H,20,25-29,32-36,56H2,(H3,57,58). The van der Waals surface area contributed by atoms with E-state index in [-0.39, 0.29) is 30.2 Å². The molecule has 0 radical (unpaired) electrons. The van der Waals surface area contributed by atoms with Crippen LogP contribution in [0, 0.1) is 5.41 Å². The topological polar surface area (TPSA) is 117 Å². The van der Waals surface area contributed by atoms with Crippen molar-refractivity contribution >= 4 is 22.8 Å². The number of likely N-dealkylation sites (tertiary alicyclic amines) is 1. The van der Waals surface area contributed by atoms with Crippen molar-refractivity contribution < 1.29 is 18.0 Å². The second-order valence-electron chi connectivity index (χ2n) is 16.7. The number of nitrogens with two attached hydrogens (primary N) is 2. The first kappa shape index (κ1) is 43.1. The first-order valence-corrected chi connectivity index (χ1v) is 21.4. The molecule has 0 atom stereocenters. The van der Waals surface area contributed by atoms with Crippen LogP contribution < -0.4 is 11.5 Å². The number of carbonyl (C=O) groups excluding carboxylic acids is 1. The number of halogens is 3. The zero-order chi connectivity index (χ0) is 44.0. The van der Waals surface area contributed by atoms with Gasteiger partial charge in [0.2, 0.25) is 0 Å². The number of fused-ring (bicyclic) bond motifs is 1. The molecule has 0 aliphatic carbocycles. The monoisotopic (exact) mass is 847 g/mol. The Morgan fingerprint density at radius 2 is 1.32 bits per heavy atom. The third kappa shape index (κ3) is 10.2. The number of alkyl halides is 3. The zero-order valence-corrected chi connectivity index (χ0v) is 35.2. The van der Waals surface area contributed by atoms with E-state index in [0.717, 1.165) is 72.6 Å². The minimum atomic E-state index is -4.51. The Hall–Kier alpha value is -6.56. The van der Waals surface area contributed by atoms with Crippen LogP contribution in [0.3, 0.4) is 0 Å². The lowest BCUT2D eigenvalue weighted by Gasteiger charge is -2.43. The van der Waals surface area contributed by atoms with E-state index in [0.29, 0.717) is 48.1 Å². The van der Waals surface area contributed by atoms with Gasteiger partial charge >= 0.3 is 6.18 Å². The molecule has 11 heteroatoms. The molecule has 1 aliphatic heterocycles. The summed E-state index contributed by atoms with van der Waals surface area (Å²) >= 11 is 0. The Labute approximate surface area is 366 Å². The van der Waals surface area contributed by atoms with Crippen molar-refractivity contribution in [3.63, 3.8) is 0 Å². The highest BCUT2D eigenvalue weighted by Gasteiger charge is 2.38. The van der Waals surface area contributed by atoms with Gasteiger partial charge in [0, 0.05) is 55.7 Å². The van der Waals surface area contributed by atoms with Crippen molar-refractivity contribution in [2.75, 3.05) is 13.1 Å². The van der Waals surface area contributed by atoms with Crippen molar-refractivity contribution in [2.45, 2.75) is 70.0 Å². The van der Waals surface area contributed by atoms with Crippen molar-refractivity contribution in [3.8, 4) is 0 Å². The number of amidine groups is 1. The highest BCUT2D eigenvalue weighted by Crippen LogP contribution is 2.39. The van der Waals surface area contributed by atoms with Crippen LogP contribution in [0.2, 0.25) is 0 Å². The van der Waals surface area contributed by atoms with Gasteiger partial charge in [-0.05, 0) is 96.1 Å². The van der Waals surface area contributed by atoms with Gasteiger partial charge in [0.1, 0.15) is 11.7 Å². The first-order chi connectivity index (χ1) is 30.5. The maximum Gasteiger partial charge on any atom is 0.416 e. The number of rotatable bonds is 15. The molecule has 2 heterocycles. The number of aromatic nitrogens is 2. The van der Waals surface area contributed by atoms with E-state index in [4.69, 9.17) is 21.9 Å². The molecular formula is C52H52F3N7O. The number of aryl methyl sites for hydroxylation is 2. The summed E-state index contributed by atoms with van der Waals surface area (Å²) in [5.74, 6) is 0.603. The molecule has 1 aromatic heterocycles. The van der Waals surface area contributed by atoms with Crippen LogP contribution in [0.15, 0.2) is 152 Å². The second-order valence-corrected chi connectivity index (χ2v) is 16.7. The Morgan fingerprint density at radius 1 is 0.698 bits per heavy atom. The molecule has 322 valence electrons. The molecule has 0 saturated carbocycles. The van der Waals surface area contributed by atoms with Crippen LogP contribution in [0.25, 0.3) is 11.0 Å². The van der Waals surface area contributed by atoms with Gasteiger partial charge in [0.25, 0.3) is 5.91 Å². The Bertz CT molecular complexity index is 2650. The minimum absolute atomic E-state index is 0.0209. The number of nitrogens with zero attached hydrogens (tertiary/aromatic N) is 4. The summed E-state index contributed by atoms with van der Waals surface area (Å²) in [5.41, 5.74) is 19.1. The van der Waals surface area contributed by atoms with E-state index in [1.54, 1.807) is 11.0 Å². The van der Waals surface area contributed by atoms with Gasteiger partial charge in [-0.25, -0.2) is 4.98 Å². The Morgan fingerprint density at radius 3 is 1.98 bits per heavy atom. The van der Waals surface area contributed by atoms with Gasteiger partial charge in [0.05, 0.1) is 16.6 Å².